The van der Waals surface area contributed by atoms with E-state index in [0.29, 0.717) is 53.8 Å². The van der Waals surface area contributed by atoms with Crippen LogP contribution < -0.4 is 20.9 Å². The van der Waals surface area contributed by atoms with Crippen molar-refractivity contribution in [3.8, 4) is 0 Å². The molecule has 1 aliphatic carbocycles. The minimum atomic E-state index is -1.19. The quantitative estimate of drug-likeness (QED) is 0.362. The number of anilines is 2. The van der Waals surface area contributed by atoms with Gasteiger partial charge in [-0.3, -0.25) is 24.6 Å². The first-order valence-corrected chi connectivity index (χ1v) is 14.2. The summed E-state index contributed by atoms with van der Waals surface area (Å²) in [5, 5.41) is 17.9. The van der Waals surface area contributed by atoms with Crippen molar-refractivity contribution in [2.24, 2.45) is 5.92 Å². The molecular formula is C29H32ClN5O7. The van der Waals surface area contributed by atoms with Crippen molar-refractivity contribution in [2.75, 3.05) is 36.9 Å². The lowest BCUT2D eigenvalue weighted by atomic mass is 9.83. The zero-order chi connectivity index (χ0) is 30.0. The van der Waals surface area contributed by atoms with E-state index in [4.69, 9.17) is 16.3 Å². The Kier molecular flexibility index (Phi) is 8.26. The van der Waals surface area contributed by atoms with Gasteiger partial charge in [0.25, 0.3) is 5.91 Å². The molecule has 13 heteroatoms. The van der Waals surface area contributed by atoms with E-state index in [-0.39, 0.29) is 24.4 Å². The van der Waals surface area contributed by atoms with E-state index in [1.807, 2.05) is 0 Å². The van der Waals surface area contributed by atoms with Crippen LogP contribution in [0.1, 0.15) is 48.0 Å². The van der Waals surface area contributed by atoms with Gasteiger partial charge in [-0.15, -0.1) is 0 Å². The average molecular weight is 598 g/mol. The highest BCUT2D eigenvalue weighted by molar-refractivity contribution is 6.30. The highest BCUT2D eigenvalue weighted by Crippen LogP contribution is 2.43. The number of ether oxygens (including phenoxy) is 1. The predicted molar refractivity (Wildman–Crippen MR) is 154 cm³/mol. The third kappa shape index (κ3) is 6.43. The minimum Gasteiger partial charge on any atom is -0.465 e. The third-order valence-electron chi connectivity index (χ3n) is 7.85. The van der Waals surface area contributed by atoms with E-state index in [9.17, 15) is 29.1 Å². The Balaban J connectivity index is 1.36. The molecule has 5 rings (SSSR count). The number of hydrogen-bond donors (Lipinski definition) is 4. The smallest absolute Gasteiger partial charge is 0.412 e. The molecule has 0 unspecified atom stereocenters. The molecule has 12 nitrogen and oxygen atoms in total. The zero-order valence-corrected chi connectivity index (χ0v) is 23.8. The Morgan fingerprint density at radius 3 is 2.62 bits per heavy atom. The van der Waals surface area contributed by atoms with Gasteiger partial charge in [0.1, 0.15) is 6.04 Å². The van der Waals surface area contributed by atoms with Crippen molar-refractivity contribution in [1.29, 1.82) is 0 Å². The number of amides is 5. The van der Waals surface area contributed by atoms with E-state index in [1.165, 1.54) is 36.2 Å². The third-order valence-corrected chi connectivity index (χ3v) is 8.08. The lowest BCUT2D eigenvalue weighted by Crippen LogP contribution is -2.57. The Morgan fingerprint density at radius 2 is 1.93 bits per heavy atom. The summed E-state index contributed by atoms with van der Waals surface area (Å²) in [6.45, 7) is 0.881. The van der Waals surface area contributed by atoms with Crippen molar-refractivity contribution < 1.29 is 33.8 Å². The molecule has 2 heterocycles. The zero-order valence-electron chi connectivity index (χ0n) is 23.0. The van der Waals surface area contributed by atoms with Crippen molar-refractivity contribution in [3.63, 3.8) is 0 Å². The van der Waals surface area contributed by atoms with Gasteiger partial charge < -0.3 is 25.4 Å². The van der Waals surface area contributed by atoms with Gasteiger partial charge in [0.2, 0.25) is 11.8 Å². The summed E-state index contributed by atoms with van der Waals surface area (Å²) >= 11 is 6.26. The summed E-state index contributed by atoms with van der Waals surface area (Å²) in [7, 11) is 1.38. The molecule has 0 aromatic heterocycles. The fourth-order valence-electron chi connectivity index (χ4n) is 5.33. The van der Waals surface area contributed by atoms with Crippen LogP contribution in [0.15, 0.2) is 42.5 Å². The highest BCUT2D eigenvalue weighted by atomic mass is 35.5. The maximum atomic E-state index is 13.9. The van der Waals surface area contributed by atoms with Crippen molar-refractivity contribution in [3.05, 3.63) is 58.6 Å². The number of carboxylic acid groups (broad SMARTS) is 1. The van der Waals surface area contributed by atoms with Gasteiger partial charge in [-0.05, 0) is 74.1 Å². The lowest BCUT2D eigenvalue weighted by molar-refractivity contribution is -0.142. The van der Waals surface area contributed by atoms with Gasteiger partial charge in [0.05, 0.1) is 18.7 Å². The van der Waals surface area contributed by atoms with Crippen molar-refractivity contribution in [1.82, 2.24) is 15.5 Å². The molecule has 222 valence electrons. The van der Waals surface area contributed by atoms with Crippen LogP contribution >= 0.6 is 11.6 Å². The van der Waals surface area contributed by atoms with Gasteiger partial charge in [-0.25, -0.2) is 9.59 Å². The Bertz CT molecular complexity index is 1410. The molecule has 3 aliphatic rings. The van der Waals surface area contributed by atoms with Gasteiger partial charge >= 0.3 is 12.2 Å². The molecule has 1 spiro atoms. The molecular weight excluding hydrogens is 566 g/mol. The summed E-state index contributed by atoms with van der Waals surface area (Å²) < 4.78 is 5.79. The number of halogens is 1. The maximum Gasteiger partial charge on any atom is 0.412 e. The number of nitrogens with zero attached hydrogens (tertiary/aromatic N) is 2. The van der Waals surface area contributed by atoms with E-state index in [2.05, 4.69) is 16.0 Å². The highest BCUT2D eigenvalue weighted by Gasteiger charge is 2.47. The molecule has 2 atom stereocenters. The van der Waals surface area contributed by atoms with E-state index < -0.39 is 35.6 Å². The number of piperidine rings is 1. The Labute approximate surface area is 247 Å². The topological polar surface area (TPSA) is 157 Å². The van der Waals surface area contributed by atoms with E-state index >= 15 is 0 Å². The fraction of sp³-hybridized carbons (Fsp3) is 0.414. The molecule has 42 heavy (non-hydrogen) atoms. The Morgan fingerprint density at radius 1 is 1.19 bits per heavy atom. The second-order valence-corrected chi connectivity index (χ2v) is 11.4. The number of fused-ring (bicyclic) bond motifs is 2. The molecule has 2 aromatic carbocycles. The number of rotatable bonds is 8. The van der Waals surface area contributed by atoms with E-state index in [0.717, 1.165) is 17.7 Å². The Hall–Kier alpha value is -4.32. The number of carbonyl (C=O) groups is 5. The molecule has 5 amide bonds. The predicted octanol–water partition coefficient (Wildman–Crippen LogP) is 3.55. The first-order valence-electron chi connectivity index (χ1n) is 13.8. The first-order chi connectivity index (χ1) is 20.0. The van der Waals surface area contributed by atoms with Gasteiger partial charge in [0, 0.05) is 42.0 Å². The molecule has 0 radical (unpaired) electrons. The lowest BCUT2D eigenvalue weighted by Gasteiger charge is -2.45. The summed E-state index contributed by atoms with van der Waals surface area (Å²) in [6, 6.07) is 9.71. The second-order valence-electron chi connectivity index (χ2n) is 10.9. The van der Waals surface area contributed by atoms with E-state index in [1.54, 1.807) is 18.2 Å². The van der Waals surface area contributed by atoms with Crippen molar-refractivity contribution >= 4 is 52.9 Å². The molecule has 0 bridgehead atoms. The van der Waals surface area contributed by atoms with Crippen LogP contribution in [0.4, 0.5) is 21.0 Å². The van der Waals surface area contributed by atoms with Crippen LogP contribution in [0.3, 0.4) is 0 Å². The largest absolute Gasteiger partial charge is 0.465 e. The van der Waals surface area contributed by atoms with Crippen molar-refractivity contribution in [2.45, 2.75) is 43.7 Å². The summed E-state index contributed by atoms with van der Waals surface area (Å²) in [6.07, 6.45) is 0.998. The number of hydrogen-bond acceptors (Lipinski definition) is 6. The molecule has 2 aromatic rings. The molecule has 2 aliphatic heterocycles. The van der Waals surface area contributed by atoms with Gasteiger partial charge in [-0.2, -0.15) is 0 Å². The van der Waals surface area contributed by atoms with Crippen LogP contribution in [-0.4, -0.2) is 72.6 Å². The number of carbonyl (C=O) groups excluding carboxylic acids is 4. The normalized spacial score (nSPS) is 20.0. The minimum absolute atomic E-state index is 0.0267. The monoisotopic (exact) mass is 597 g/mol. The summed E-state index contributed by atoms with van der Waals surface area (Å²) in [5.41, 5.74) is 0.625. The van der Waals surface area contributed by atoms with Gasteiger partial charge in [0.15, 0.2) is 5.60 Å². The first kappa shape index (κ1) is 29.2. The average Bonchev–Trinajstić information content (AvgIpc) is 3.80. The molecule has 2 fully saturated rings. The summed E-state index contributed by atoms with van der Waals surface area (Å²) in [5.74, 6) is -1.01. The number of likely N-dealkylation sites (tertiary alicyclic amines) is 1. The van der Waals surface area contributed by atoms with Crippen LogP contribution in [0.2, 0.25) is 5.02 Å². The second kappa shape index (κ2) is 11.9. The van der Waals surface area contributed by atoms with Crippen LogP contribution in [0, 0.1) is 5.92 Å². The van der Waals surface area contributed by atoms with Crippen LogP contribution in [-0.2, 0) is 19.9 Å². The number of benzene rings is 2. The van der Waals surface area contributed by atoms with Crippen LogP contribution in [0.25, 0.3) is 0 Å². The molecule has 1 saturated heterocycles. The van der Waals surface area contributed by atoms with Crippen LogP contribution in [0.5, 0.6) is 0 Å². The molecule has 1 saturated carbocycles. The summed E-state index contributed by atoms with van der Waals surface area (Å²) in [4.78, 5) is 66.2. The number of nitrogens with one attached hydrogen (secondary N) is 3. The van der Waals surface area contributed by atoms with Gasteiger partial charge in [-0.1, -0.05) is 11.6 Å². The standard InChI is InChI=1S/C29H32ClN5O7/c1-34(28(40)41)20-8-5-18(6-9-20)25(37)32-23(14-24(36)31-15-17-3-4-17)26(38)35-12-2-11-29(16-35)21-13-19(30)7-10-22(21)33-27(39)42-29/h5-10,13,17,23H,2-4,11-12,14-16H2,1H3,(H,31,36)(H,32,37)(H,33,39)(H,40,41)/t23-,29-/m0/s1. The molecule has 4 N–H and O–H groups in total. The maximum absolute atomic E-state index is 13.9. The SMILES string of the molecule is CN(C(=O)O)c1ccc(C(=O)N[C@@H](CC(=O)NCC2CC2)C(=O)N2CCC[C@@]3(C2)OC(=O)Nc2ccc(Cl)cc23)cc1. The fourth-order valence-corrected chi connectivity index (χ4v) is 5.50.